The van der Waals surface area contributed by atoms with E-state index in [2.05, 4.69) is 57.2 Å². The van der Waals surface area contributed by atoms with Gasteiger partial charge >= 0.3 is 17.9 Å². The molecule has 0 N–H and O–H groups in total. The van der Waals surface area contributed by atoms with Crippen molar-refractivity contribution in [1.29, 1.82) is 0 Å². The fourth-order valence-corrected chi connectivity index (χ4v) is 11.1. The molecule has 0 radical (unpaired) electrons. The summed E-state index contributed by atoms with van der Waals surface area (Å²) in [6.07, 6.45) is 87.8. The van der Waals surface area contributed by atoms with E-state index in [1.165, 1.54) is 276 Å². The van der Waals surface area contributed by atoms with Crippen molar-refractivity contribution >= 4 is 17.9 Å². The molecule has 6 heteroatoms. The highest BCUT2D eigenvalue weighted by Gasteiger charge is 2.19. The van der Waals surface area contributed by atoms with Gasteiger partial charge in [-0.3, -0.25) is 14.4 Å². The molecule has 0 aliphatic heterocycles. The number of esters is 3. The Morgan fingerprint density at radius 1 is 0.247 bits per heavy atom. The molecule has 6 nitrogen and oxygen atoms in total. The Balaban J connectivity index is 4.07. The van der Waals surface area contributed by atoms with Crippen molar-refractivity contribution in [2.75, 3.05) is 13.2 Å². The summed E-state index contributed by atoms with van der Waals surface area (Å²) < 4.78 is 16.9. The molecule has 0 bridgehead atoms. The topological polar surface area (TPSA) is 78.9 Å². The first kappa shape index (κ1) is 78.6. The zero-order chi connectivity index (χ0) is 58.5. The monoisotopic (exact) mass is 1140 g/mol. The van der Waals surface area contributed by atoms with Crippen LogP contribution in [0.5, 0.6) is 0 Å². The molecule has 1 atom stereocenters. The van der Waals surface area contributed by atoms with E-state index in [1.807, 2.05) is 0 Å². The van der Waals surface area contributed by atoms with E-state index in [9.17, 15) is 14.4 Å². The third kappa shape index (κ3) is 68.3. The van der Waals surface area contributed by atoms with E-state index in [0.717, 1.165) is 89.9 Å². The van der Waals surface area contributed by atoms with Crippen LogP contribution in [0.4, 0.5) is 0 Å². The molecule has 0 aromatic carbocycles. The van der Waals surface area contributed by atoms with Gasteiger partial charge in [0.25, 0.3) is 0 Å². The second-order valence-corrected chi connectivity index (χ2v) is 24.9. The van der Waals surface area contributed by atoms with E-state index in [0.29, 0.717) is 19.3 Å². The van der Waals surface area contributed by atoms with Crippen LogP contribution < -0.4 is 0 Å². The van der Waals surface area contributed by atoms with Crippen LogP contribution in [0.2, 0.25) is 0 Å². The third-order valence-corrected chi connectivity index (χ3v) is 16.6. The molecule has 0 amide bonds. The Morgan fingerprint density at radius 2 is 0.444 bits per heavy atom. The molecule has 476 valence electrons. The molecule has 0 fully saturated rings. The summed E-state index contributed by atoms with van der Waals surface area (Å²) in [5.41, 5.74) is 0. The number of hydrogen-bond donors (Lipinski definition) is 0. The quantitative estimate of drug-likeness (QED) is 0.0261. The Hall–Kier alpha value is -2.37. The highest BCUT2D eigenvalue weighted by atomic mass is 16.6. The molecule has 0 heterocycles. The molecule has 81 heavy (non-hydrogen) atoms. The van der Waals surface area contributed by atoms with E-state index < -0.39 is 6.10 Å². The van der Waals surface area contributed by atoms with Gasteiger partial charge in [-0.05, 0) is 77.0 Å². The van der Waals surface area contributed by atoms with Crippen LogP contribution >= 0.6 is 0 Å². The Kier molecular flexibility index (Phi) is 68.1. The summed E-state index contributed by atoms with van der Waals surface area (Å²) in [6, 6.07) is 0. The second kappa shape index (κ2) is 70.1. The number of carbonyl (C=O) groups excluding carboxylic acids is 3. The van der Waals surface area contributed by atoms with Crippen LogP contribution in [0.25, 0.3) is 0 Å². The summed E-state index contributed by atoms with van der Waals surface area (Å²) in [5.74, 6) is -0.874. The molecular formula is C75H140O6. The molecule has 0 aliphatic rings. The summed E-state index contributed by atoms with van der Waals surface area (Å²) >= 11 is 0. The Bertz CT molecular complexity index is 1350. The number of unbranched alkanes of at least 4 members (excludes halogenated alkanes) is 51. The van der Waals surface area contributed by atoms with Gasteiger partial charge in [-0.25, -0.2) is 0 Å². The lowest BCUT2D eigenvalue weighted by molar-refractivity contribution is -0.167. The largest absolute Gasteiger partial charge is 0.462 e. The van der Waals surface area contributed by atoms with Crippen LogP contribution in [-0.2, 0) is 28.6 Å². The van der Waals surface area contributed by atoms with Crippen molar-refractivity contribution in [1.82, 2.24) is 0 Å². The number of rotatable bonds is 68. The fraction of sp³-hybridized carbons (Fsp3) is 0.880. The maximum atomic E-state index is 12.9. The normalized spacial score (nSPS) is 12.2. The minimum Gasteiger partial charge on any atom is -0.462 e. The second-order valence-electron chi connectivity index (χ2n) is 24.9. The lowest BCUT2D eigenvalue weighted by Crippen LogP contribution is -2.30. The molecule has 0 saturated carbocycles. The van der Waals surface area contributed by atoms with Crippen LogP contribution in [0.3, 0.4) is 0 Å². The molecule has 0 aromatic rings. The lowest BCUT2D eigenvalue weighted by Gasteiger charge is -2.18. The van der Waals surface area contributed by atoms with Gasteiger partial charge in [-0.15, -0.1) is 0 Å². The van der Waals surface area contributed by atoms with Crippen LogP contribution in [0, 0.1) is 0 Å². The molecular weight excluding hydrogens is 997 g/mol. The lowest BCUT2D eigenvalue weighted by atomic mass is 10.0. The highest BCUT2D eigenvalue weighted by Crippen LogP contribution is 2.19. The highest BCUT2D eigenvalue weighted by molar-refractivity contribution is 5.71. The molecule has 1 unspecified atom stereocenters. The first-order valence-corrected chi connectivity index (χ1v) is 36.5. The number of carbonyl (C=O) groups is 3. The van der Waals surface area contributed by atoms with E-state index in [-0.39, 0.29) is 31.1 Å². The molecule has 0 aromatic heterocycles. The molecule has 0 saturated heterocycles. The van der Waals surface area contributed by atoms with Gasteiger partial charge in [-0.1, -0.05) is 346 Å². The van der Waals surface area contributed by atoms with Crippen molar-refractivity contribution < 1.29 is 28.6 Å². The predicted octanol–water partition coefficient (Wildman–Crippen LogP) is 25.1. The SMILES string of the molecule is CCCCC/C=C\C/C=C\CCCCCCCC(=O)OC(COC(=O)CCCCCCC/C=C\CCCCCCC)COC(=O)CCCCCCCCCCCCCCCCCCCCCCCCCCCCCCCCCCCC. The van der Waals surface area contributed by atoms with Crippen LogP contribution in [0.1, 0.15) is 406 Å². The molecule has 0 aliphatic carbocycles. The van der Waals surface area contributed by atoms with Gasteiger partial charge in [0.1, 0.15) is 13.2 Å². The van der Waals surface area contributed by atoms with E-state index >= 15 is 0 Å². The van der Waals surface area contributed by atoms with E-state index in [4.69, 9.17) is 14.2 Å². The minimum absolute atomic E-state index is 0.0764. The average Bonchev–Trinajstić information content (AvgIpc) is 3.47. The van der Waals surface area contributed by atoms with Crippen LogP contribution in [0.15, 0.2) is 36.5 Å². The molecule has 0 spiro atoms. The fourth-order valence-electron chi connectivity index (χ4n) is 11.1. The van der Waals surface area contributed by atoms with E-state index in [1.54, 1.807) is 0 Å². The van der Waals surface area contributed by atoms with Crippen molar-refractivity contribution in [3.63, 3.8) is 0 Å². The van der Waals surface area contributed by atoms with Gasteiger partial charge in [0.05, 0.1) is 0 Å². The summed E-state index contributed by atoms with van der Waals surface area (Å²) in [6.45, 7) is 6.65. The summed E-state index contributed by atoms with van der Waals surface area (Å²) in [7, 11) is 0. The van der Waals surface area contributed by atoms with Crippen molar-refractivity contribution in [3.05, 3.63) is 36.5 Å². The first-order valence-electron chi connectivity index (χ1n) is 36.5. The van der Waals surface area contributed by atoms with Crippen molar-refractivity contribution in [2.24, 2.45) is 0 Å². The van der Waals surface area contributed by atoms with Gasteiger partial charge in [0, 0.05) is 19.3 Å². The van der Waals surface area contributed by atoms with Crippen LogP contribution in [-0.4, -0.2) is 37.2 Å². The van der Waals surface area contributed by atoms with Crippen molar-refractivity contribution in [3.8, 4) is 0 Å². The standard InChI is InChI=1S/C75H140O6/c1-4-7-10-13-16-19-22-25-28-29-30-31-32-33-34-35-36-37-38-39-40-41-42-43-44-45-46-48-50-53-56-59-62-65-68-74(77)80-71-72(70-79-73(76)67-64-61-58-55-52-49-27-24-21-18-15-12-9-6-3)81-75(78)69-66-63-60-57-54-51-47-26-23-20-17-14-11-8-5-2/h17,20,24,26-27,47,72H,4-16,18-19,21-23,25,28-46,48-71H2,1-3H3/b20-17-,27-24-,47-26-. The van der Waals surface area contributed by atoms with Gasteiger partial charge in [0.2, 0.25) is 0 Å². The Labute approximate surface area is 506 Å². The summed E-state index contributed by atoms with van der Waals surface area (Å²) in [4.78, 5) is 38.3. The maximum Gasteiger partial charge on any atom is 0.306 e. The first-order chi connectivity index (χ1) is 40.0. The number of ether oxygens (including phenoxy) is 3. The van der Waals surface area contributed by atoms with Crippen molar-refractivity contribution in [2.45, 2.75) is 412 Å². The number of hydrogen-bond acceptors (Lipinski definition) is 6. The Morgan fingerprint density at radius 3 is 0.716 bits per heavy atom. The predicted molar refractivity (Wildman–Crippen MR) is 353 cm³/mol. The zero-order valence-electron chi connectivity index (χ0n) is 54.8. The van der Waals surface area contributed by atoms with Gasteiger partial charge in [-0.2, -0.15) is 0 Å². The van der Waals surface area contributed by atoms with Gasteiger partial charge in [0.15, 0.2) is 6.10 Å². The minimum atomic E-state index is -0.782. The maximum absolute atomic E-state index is 12.9. The zero-order valence-corrected chi connectivity index (χ0v) is 54.8. The smallest absolute Gasteiger partial charge is 0.306 e. The molecule has 0 rings (SSSR count). The number of allylic oxidation sites excluding steroid dienone is 6. The van der Waals surface area contributed by atoms with Gasteiger partial charge < -0.3 is 14.2 Å². The summed E-state index contributed by atoms with van der Waals surface area (Å²) in [5, 5.41) is 0. The average molecular weight is 1140 g/mol. The third-order valence-electron chi connectivity index (χ3n) is 16.6.